The Morgan fingerprint density at radius 3 is 2.42 bits per heavy atom. The topological polar surface area (TPSA) is 165 Å². The van der Waals surface area contributed by atoms with Crippen LogP contribution in [0.5, 0.6) is 5.75 Å². The van der Waals surface area contributed by atoms with Gasteiger partial charge in [-0.15, -0.1) is 0 Å². The third-order valence-corrected chi connectivity index (χ3v) is 8.97. The van der Waals surface area contributed by atoms with Gasteiger partial charge in [-0.25, -0.2) is 0 Å². The van der Waals surface area contributed by atoms with E-state index >= 15 is 0 Å². The highest BCUT2D eigenvalue weighted by atomic mass is 16.3. The predicted molar refractivity (Wildman–Crippen MR) is 160 cm³/mol. The molecule has 1 unspecified atom stereocenters. The van der Waals surface area contributed by atoms with E-state index in [2.05, 4.69) is 31.9 Å². The van der Waals surface area contributed by atoms with Crippen LogP contribution in [0.25, 0.3) is 11.1 Å². The molecule has 228 valence electrons. The lowest BCUT2D eigenvalue weighted by atomic mass is 9.58. The number of carbonyl (C=O) groups is 3. The number of carbonyl (C=O) groups excluding carboxylic acids is 3. The van der Waals surface area contributed by atoms with E-state index in [1.165, 1.54) is 11.0 Å². The standard InChI is InChI=1S/C33H39N3O7/c1-16(2)14-36(5)15-17-7-6-8-18(11-17)20-9-10-23(37)25-21(20)12-19-13-22-27(35(3)4)29(39)26(32(34)42)31(41)33(22,43)30(40)24(19)28(25)38/h6-11,16,19,22,27,37,39-40,43H,12-15H2,1-5H3,(H2,34,42)/t19-,22-,27?,33-/m0/s1. The first-order valence-corrected chi connectivity index (χ1v) is 14.5. The summed E-state index contributed by atoms with van der Waals surface area (Å²) in [6.45, 7) is 6.00. The van der Waals surface area contributed by atoms with Crippen LogP contribution in [0.3, 0.4) is 0 Å². The second kappa shape index (κ2) is 10.9. The lowest BCUT2D eigenvalue weighted by Crippen LogP contribution is -2.63. The van der Waals surface area contributed by atoms with Crippen molar-refractivity contribution >= 4 is 17.5 Å². The monoisotopic (exact) mass is 589 g/mol. The number of hydrogen-bond donors (Lipinski definition) is 5. The van der Waals surface area contributed by atoms with Gasteiger partial charge in [0.15, 0.2) is 11.4 Å². The van der Waals surface area contributed by atoms with E-state index in [-0.39, 0.29) is 29.7 Å². The first-order valence-electron chi connectivity index (χ1n) is 14.5. The first-order chi connectivity index (χ1) is 20.2. The maximum absolute atomic E-state index is 14.0. The minimum absolute atomic E-state index is 0.000566. The summed E-state index contributed by atoms with van der Waals surface area (Å²) in [5.74, 6) is -6.12. The Morgan fingerprint density at radius 1 is 1.09 bits per heavy atom. The van der Waals surface area contributed by atoms with E-state index < -0.39 is 58.0 Å². The molecule has 2 aromatic carbocycles. The van der Waals surface area contributed by atoms with Crippen LogP contribution in [0, 0.1) is 17.8 Å². The highest BCUT2D eigenvalue weighted by molar-refractivity contribution is 6.24. The Balaban J connectivity index is 1.62. The summed E-state index contributed by atoms with van der Waals surface area (Å²) in [6.07, 6.45) is 0.274. The third kappa shape index (κ3) is 4.83. The maximum atomic E-state index is 14.0. The lowest BCUT2D eigenvalue weighted by molar-refractivity contribution is -0.148. The number of likely N-dealkylation sites (N-methyl/N-ethyl adjacent to an activating group) is 1. The van der Waals surface area contributed by atoms with Crippen molar-refractivity contribution in [2.45, 2.75) is 44.9 Å². The largest absolute Gasteiger partial charge is 0.510 e. The van der Waals surface area contributed by atoms with Crippen LogP contribution in [0.4, 0.5) is 0 Å². The Kier molecular flexibility index (Phi) is 7.75. The van der Waals surface area contributed by atoms with Gasteiger partial charge in [0.1, 0.15) is 22.8 Å². The third-order valence-electron chi connectivity index (χ3n) is 8.97. The molecule has 0 bridgehead atoms. The van der Waals surface area contributed by atoms with Gasteiger partial charge in [0.25, 0.3) is 5.91 Å². The van der Waals surface area contributed by atoms with Crippen LogP contribution in [-0.4, -0.2) is 87.0 Å². The number of aromatic hydroxyl groups is 1. The highest BCUT2D eigenvalue weighted by Crippen LogP contribution is 2.53. The average Bonchev–Trinajstić information content (AvgIpc) is 2.90. The second-order valence-corrected chi connectivity index (χ2v) is 12.7. The van der Waals surface area contributed by atoms with E-state index in [9.17, 15) is 34.8 Å². The Bertz CT molecular complexity index is 1590. The number of aliphatic hydroxyl groups is 3. The van der Waals surface area contributed by atoms with Crippen molar-refractivity contribution in [3.63, 3.8) is 0 Å². The van der Waals surface area contributed by atoms with Gasteiger partial charge in [0.05, 0.1) is 11.6 Å². The van der Waals surface area contributed by atoms with Crippen molar-refractivity contribution in [1.29, 1.82) is 0 Å². The zero-order valence-corrected chi connectivity index (χ0v) is 25.1. The van der Waals surface area contributed by atoms with Crippen molar-refractivity contribution in [3.05, 3.63) is 75.8 Å². The van der Waals surface area contributed by atoms with Crippen LogP contribution in [-0.2, 0) is 22.6 Å². The average molecular weight is 590 g/mol. The smallest absolute Gasteiger partial charge is 0.255 e. The van der Waals surface area contributed by atoms with Gasteiger partial charge in [-0.3, -0.25) is 19.3 Å². The van der Waals surface area contributed by atoms with Crippen LogP contribution >= 0.6 is 0 Å². The number of ketones is 2. The fourth-order valence-electron chi connectivity index (χ4n) is 7.36. The van der Waals surface area contributed by atoms with Gasteiger partial charge >= 0.3 is 0 Å². The molecule has 3 aliphatic rings. The van der Waals surface area contributed by atoms with Crippen LogP contribution in [0.15, 0.2) is 59.1 Å². The van der Waals surface area contributed by atoms with E-state index in [0.29, 0.717) is 11.5 Å². The summed E-state index contributed by atoms with van der Waals surface area (Å²) in [5.41, 5.74) is 5.08. The van der Waals surface area contributed by atoms with Crippen molar-refractivity contribution < 1.29 is 34.8 Å². The molecular formula is C33H39N3O7. The summed E-state index contributed by atoms with van der Waals surface area (Å²) in [4.78, 5) is 43.4. The minimum atomic E-state index is -2.66. The molecule has 0 radical (unpaired) electrons. The quantitative estimate of drug-likeness (QED) is 0.306. The molecule has 0 saturated heterocycles. The summed E-state index contributed by atoms with van der Waals surface area (Å²) in [7, 11) is 5.28. The molecule has 0 aliphatic heterocycles. The number of phenolic OH excluding ortho intramolecular Hbond substituents is 1. The molecule has 0 fully saturated rings. The molecule has 2 aromatic rings. The Labute approximate surface area is 250 Å². The number of allylic oxidation sites excluding steroid dienone is 1. The number of hydrogen-bond acceptors (Lipinski definition) is 9. The number of benzene rings is 2. The first kappa shape index (κ1) is 30.5. The molecule has 0 spiro atoms. The molecule has 3 aliphatic carbocycles. The molecule has 0 heterocycles. The van der Waals surface area contributed by atoms with E-state index in [4.69, 9.17) is 5.73 Å². The molecule has 4 atom stereocenters. The molecule has 43 heavy (non-hydrogen) atoms. The van der Waals surface area contributed by atoms with Gasteiger partial charge in [0.2, 0.25) is 5.78 Å². The van der Waals surface area contributed by atoms with Crippen LogP contribution < -0.4 is 5.73 Å². The van der Waals surface area contributed by atoms with E-state index in [1.54, 1.807) is 20.2 Å². The summed E-state index contributed by atoms with van der Waals surface area (Å²) in [6, 6.07) is 10.2. The van der Waals surface area contributed by atoms with Crippen molar-refractivity contribution in [2.75, 3.05) is 27.7 Å². The van der Waals surface area contributed by atoms with Gasteiger partial charge in [-0.2, -0.15) is 0 Å². The molecule has 10 nitrogen and oxygen atoms in total. The van der Waals surface area contributed by atoms with Crippen LogP contribution in [0.2, 0.25) is 0 Å². The van der Waals surface area contributed by atoms with Gasteiger partial charge in [-0.1, -0.05) is 38.1 Å². The normalized spacial score (nSPS) is 25.4. The number of fused-ring (bicyclic) bond motifs is 3. The summed E-state index contributed by atoms with van der Waals surface area (Å²) >= 11 is 0. The summed E-state index contributed by atoms with van der Waals surface area (Å²) in [5, 5.41) is 45.1. The van der Waals surface area contributed by atoms with Gasteiger partial charge in [-0.05, 0) is 80.2 Å². The van der Waals surface area contributed by atoms with Crippen molar-refractivity contribution in [3.8, 4) is 16.9 Å². The Hall–Kier alpha value is -3.99. The second-order valence-electron chi connectivity index (χ2n) is 12.7. The molecule has 10 heteroatoms. The maximum Gasteiger partial charge on any atom is 0.255 e. The number of Topliss-reactive ketones (excluding diaryl/α,β-unsaturated/α-hetero) is 2. The Morgan fingerprint density at radius 2 is 1.79 bits per heavy atom. The molecule has 5 rings (SSSR count). The molecular weight excluding hydrogens is 550 g/mol. The van der Waals surface area contributed by atoms with Crippen molar-refractivity contribution in [1.82, 2.24) is 9.80 Å². The number of rotatable bonds is 7. The molecule has 0 saturated carbocycles. The number of nitrogens with two attached hydrogens (primary N) is 1. The molecule has 0 aromatic heterocycles. The molecule has 6 N–H and O–H groups in total. The van der Waals surface area contributed by atoms with E-state index in [1.807, 2.05) is 18.2 Å². The number of phenols is 1. The SMILES string of the molecule is CC(C)CN(C)Cc1cccc(-c2ccc(O)c3c2C[C@H]2C[C@H]4C(N(C)C)C(O)=C(C(N)=O)C(=O)[C@@]4(O)C(O)=C2C3=O)c1. The number of aliphatic hydroxyl groups excluding tert-OH is 2. The molecule has 1 amide bonds. The fraction of sp³-hybridized carbons (Fsp3) is 0.424. The van der Waals surface area contributed by atoms with E-state index in [0.717, 1.165) is 29.8 Å². The fourth-order valence-corrected chi connectivity index (χ4v) is 7.36. The number of amides is 1. The number of primary amides is 1. The zero-order chi connectivity index (χ0) is 31.5. The summed E-state index contributed by atoms with van der Waals surface area (Å²) < 4.78 is 0. The van der Waals surface area contributed by atoms with Crippen LogP contribution in [0.1, 0.15) is 41.8 Å². The van der Waals surface area contributed by atoms with Crippen molar-refractivity contribution in [2.24, 2.45) is 23.5 Å². The van der Waals surface area contributed by atoms with Gasteiger partial charge < -0.3 is 31.1 Å². The zero-order valence-electron chi connectivity index (χ0n) is 25.1. The minimum Gasteiger partial charge on any atom is -0.510 e. The predicted octanol–water partition coefficient (Wildman–Crippen LogP) is 2.88. The van der Waals surface area contributed by atoms with Gasteiger partial charge in [0, 0.05) is 24.6 Å². The lowest BCUT2D eigenvalue weighted by Gasteiger charge is -2.50. The highest BCUT2D eigenvalue weighted by Gasteiger charge is 2.63. The number of nitrogens with zero attached hydrogens (tertiary/aromatic N) is 2.